The van der Waals surface area contributed by atoms with Crippen molar-refractivity contribution in [3.63, 3.8) is 0 Å². The molecule has 0 radical (unpaired) electrons. The van der Waals surface area contributed by atoms with E-state index in [9.17, 15) is 31.5 Å². The number of benzene rings is 2. The highest BCUT2D eigenvalue weighted by molar-refractivity contribution is 5.71. The second-order valence-corrected chi connectivity index (χ2v) is 6.51. The summed E-state index contributed by atoms with van der Waals surface area (Å²) in [5.41, 5.74) is -0.880. The molecule has 158 valence electrons. The Morgan fingerprint density at radius 2 is 1.60 bits per heavy atom. The SMILES string of the molecule is COC(=O)C[C@H](c1ccc(F)c(F)c1)c1c(Cc2cc(F)c(F)cc2F)[nH][nH]c1=O. The molecule has 3 aromatic rings. The first-order valence-corrected chi connectivity index (χ1v) is 8.65. The molecule has 0 aliphatic carbocycles. The van der Waals surface area contributed by atoms with E-state index in [2.05, 4.69) is 14.9 Å². The molecule has 3 rings (SSSR count). The molecule has 0 saturated heterocycles. The van der Waals surface area contributed by atoms with Crippen molar-refractivity contribution in [2.75, 3.05) is 7.11 Å². The minimum absolute atomic E-state index is 0.0588. The molecule has 0 bridgehead atoms. The summed E-state index contributed by atoms with van der Waals surface area (Å²) in [5.74, 6) is -7.83. The molecule has 1 atom stereocenters. The van der Waals surface area contributed by atoms with Crippen LogP contribution in [0.5, 0.6) is 0 Å². The second-order valence-electron chi connectivity index (χ2n) is 6.51. The maximum atomic E-state index is 14.1. The summed E-state index contributed by atoms with van der Waals surface area (Å²) in [5, 5.41) is 4.79. The van der Waals surface area contributed by atoms with Crippen molar-refractivity contribution in [2.45, 2.75) is 18.8 Å². The van der Waals surface area contributed by atoms with Gasteiger partial charge in [0.15, 0.2) is 23.3 Å². The van der Waals surface area contributed by atoms with E-state index in [1.807, 2.05) is 0 Å². The van der Waals surface area contributed by atoms with Crippen LogP contribution in [0.2, 0.25) is 0 Å². The summed E-state index contributed by atoms with van der Waals surface area (Å²) in [6.07, 6.45) is -0.770. The highest BCUT2D eigenvalue weighted by atomic mass is 19.2. The molecule has 1 aromatic heterocycles. The van der Waals surface area contributed by atoms with Gasteiger partial charge in [0.25, 0.3) is 5.56 Å². The van der Waals surface area contributed by atoms with Crippen LogP contribution in [-0.4, -0.2) is 23.3 Å². The van der Waals surface area contributed by atoms with Crippen molar-refractivity contribution in [1.82, 2.24) is 10.2 Å². The van der Waals surface area contributed by atoms with Crippen LogP contribution in [0.3, 0.4) is 0 Å². The number of hydrogen-bond acceptors (Lipinski definition) is 3. The van der Waals surface area contributed by atoms with Gasteiger partial charge in [-0.25, -0.2) is 22.0 Å². The first-order valence-electron chi connectivity index (χ1n) is 8.65. The molecule has 5 nitrogen and oxygen atoms in total. The Kier molecular flexibility index (Phi) is 6.04. The maximum absolute atomic E-state index is 14.1. The molecule has 0 aliphatic heterocycles. The Morgan fingerprint density at radius 1 is 0.933 bits per heavy atom. The van der Waals surface area contributed by atoms with E-state index >= 15 is 0 Å². The van der Waals surface area contributed by atoms with Crippen molar-refractivity contribution in [3.8, 4) is 0 Å². The Balaban J connectivity index is 2.09. The third kappa shape index (κ3) is 4.27. The Morgan fingerprint density at radius 3 is 2.27 bits per heavy atom. The van der Waals surface area contributed by atoms with E-state index in [1.165, 1.54) is 6.07 Å². The minimum Gasteiger partial charge on any atom is -0.469 e. The summed E-state index contributed by atoms with van der Waals surface area (Å²) in [4.78, 5) is 24.3. The number of ether oxygens (including phenoxy) is 1. The topological polar surface area (TPSA) is 75.0 Å². The van der Waals surface area contributed by atoms with Crippen LogP contribution in [0, 0.1) is 29.1 Å². The first kappa shape index (κ1) is 21.3. The van der Waals surface area contributed by atoms with Gasteiger partial charge >= 0.3 is 5.97 Å². The summed E-state index contributed by atoms with van der Waals surface area (Å²) < 4.78 is 72.5. The van der Waals surface area contributed by atoms with Gasteiger partial charge in [-0.3, -0.25) is 14.7 Å². The van der Waals surface area contributed by atoms with Gasteiger partial charge in [0.05, 0.1) is 13.5 Å². The van der Waals surface area contributed by atoms with Crippen molar-refractivity contribution < 1.29 is 31.5 Å². The zero-order chi connectivity index (χ0) is 22.0. The molecule has 0 spiro atoms. The quantitative estimate of drug-likeness (QED) is 0.359. The number of aromatic nitrogens is 2. The van der Waals surface area contributed by atoms with Gasteiger partial charge in [-0.2, -0.15) is 0 Å². The van der Waals surface area contributed by atoms with E-state index in [0.29, 0.717) is 12.1 Å². The molecule has 2 aromatic carbocycles. The van der Waals surface area contributed by atoms with Gasteiger partial charge in [-0.1, -0.05) is 6.07 Å². The Bertz CT molecular complexity index is 1160. The molecule has 0 aliphatic rings. The number of H-pyrrole nitrogens is 2. The van der Waals surface area contributed by atoms with Crippen LogP contribution >= 0.6 is 0 Å². The summed E-state index contributed by atoms with van der Waals surface area (Å²) in [6, 6.07) is 3.88. The predicted molar refractivity (Wildman–Crippen MR) is 95.4 cm³/mol. The average molecular weight is 426 g/mol. The van der Waals surface area contributed by atoms with E-state index in [1.54, 1.807) is 0 Å². The molecule has 30 heavy (non-hydrogen) atoms. The number of carbonyl (C=O) groups is 1. The molecular formula is C20H15F5N2O3. The number of carbonyl (C=O) groups excluding carboxylic acids is 1. The summed E-state index contributed by atoms with van der Waals surface area (Å²) >= 11 is 0. The van der Waals surface area contributed by atoms with Gasteiger partial charge in [-0.15, -0.1) is 0 Å². The molecule has 0 fully saturated rings. The lowest BCUT2D eigenvalue weighted by Crippen LogP contribution is -2.18. The van der Waals surface area contributed by atoms with Crippen LogP contribution in [0.4, 0.5) is 22.0 Å². The highest BCUT2D eigenvalue weighted by Crippen LogP contribution is 2.30. The van der Waals surface area contributed by atoms with Crippen molar-refractivity contribution in [2.24, 2.45) is 0 Å². The van der Waals surface area contributed by atoms with Crippen LogP contribution < -0.4 is 5.56 Å². The van der Waals surface area contributed by atoms with Gasteiger partial charge in [-0.05, 0) is 29.3 Å². The van der Waals surface area contributed by atoms with Crippen LogP contribution in [0.25, 0.3) is 0 Å². The number of methoxy groups -OCH3 is 1. The molecule has 2 N–H and O–H groups in total. The average Bonchev–Trinajstić information content (AvgIpc) is 3.06. The zero-order valence-electron chi connectivity index (χ0n) is 15.5. The normalized spacial score (nSPS) is 12.1. The molecule has 1 heterocycles. The highest BCUT2D eigenvalue weighted by Gasteiger charge is 2.27. The van der Waals surface area contributed by atoms with Crippen LogP contribution in [0.15, 0.2) is 35.1 Å². The van der Waals surface area contributed by atoms with E-state index in [0.717, 1.165) is 19.2 Å². The fourth-order valence-electron chi connectivity index (χ4n) is 3.17. The lowest BCUT2D eigenvalue weighted by atomic mass is 9.87. The van der Waals surface area contributed by atoms with Crippen molar-refractivity contribution in [3.05, 3.63) is 92.2 Å². The van der Waals surface area contributed by atoms with E-state index < -0.39 is 53.0 Å². The number of rotatable bonds is 6. The Hall–Kier alpha value is -3.43. The lowest BCUT2D eigenvalue weighted by Gasteiger charge is -2.17. The molecular weight excluding hydrogens is 411 g/mol. The largest absolute Gasteiger partial charge is 0.469 e. The Labute approximate surface area is 166 Å². The van der Waals surface area contributed by atoms with Crippen LogP contribution in [-0.2, 0) is 16.0 Å². The number of halogens is 5. The maximum Gasteiger partial charge on any atom is 0.306 e. The first-order chi connectivity index (χ1) is 14.2. The lowest BCUT2D eigenvalue weighted by molar-refractivity contribution is -0.140. The van der Waals surface area contributed by atoms with Crippen molar-refractivity contribution in [1.29, 1.82) is 0 Å². The standard InChI is InChI=1S/C20H15F5N2O3/c1-30-18(28)7-11(9-2-3-12(21)14(23)4-9)19-17(26-27-20(19)29)6-10-5-15(24)16(25)8-13(10)22/h2-5,8,11H,6-7H2,1H3,(H2,26,27,29)/t11-/m1/s1. The smallest absolute Gasteiger partial charge is 0.306 e. The number of esters is 1. The number of aromatic amines is 2. The van der Waals surface area contributed by atoms with Gasteiger partial charge in [0.2, 0.25) is 0 Å². The number of nitrogens with one attached hydrogen (secondary N) is 2. The molecule has 10 heteroatoms. The van der Waals surface area contributed by atoms with Crippen LogP contribution in [0.1, 0.15) is 34.7 Å². The van der Waals surface area contributed by atoms with Crippen molar-refractivity contribution >= 4 is 5.97 Å². The molecule has 0 saturated carbocycles. The zero-order valence-corrected chi connectivity index (χ0v) is 15.5. The van der Waals surface area contributed by atoms with Gasteiger partial charge in [0, 0.05) is 29.7 Å². The van der Waals surface area contributed by atoms with E-state index in [-0.39, 0.29) is 28.8 Å². The summed E-state index contributed by atoms with van der Waals surface area (Å²) in [7, 11) is 1.11. The van der Waals surface area contributed by atoms with Gasteiger partial charge in [0.1, 0.15) is 5.82 Å². The number of hydrogen-bond donors (Lipinski definition) is 2. The summed E-state index contributed by atoms with van der Waals surface area (Å²) in [6.45, 7) is 0. The second kappa shape index (κ2) is 8.52. The van der Waals surface area contributed by atoms with E-state index in [4.69, 9.17) is 0 Å². The predicted octanol–water partition coefficient (Wildman–Crippen LogP) is 3.68. The monoisotopic (exact) mass is 426 g/mol. The molecule has 0 amide bonds. The fourth-order valence-corrected chi connectivity index (χ4v) is 3.17. The third-order valence-corrected chi connectivity index (χ3v) is 4.65. The molecule has 0 unspecified atom stereocenters. The third-order valence-electron chi connectivity index (χ3n) is 4.65. The fraction of sp³-hybridized carbons (Fsp3) is 0.200. The van der Waals surface area contributed by atoms with Gasteiger partial charge < -0.3 is 9.84 Å². The minimum atomic E-state index is -1.37.